The first-order valence-corrected chi connectivity index (χ1v) is 9.69. The summed E-state index contributed by atoms with van der Waals surface area (Å²) in [6.07, 6.45) is 4.16. The van der Waals surface area contributed by atoms with Crippen LogP contribution in [0.2, 0.25) is 5.02 Å². The van der Waals surface area contributed by atoms with Gasteiger partial charge in [0.25, 0.3) is 11.6 Å². The van der Waals surface area contributed by atoms with Gasteiger partial charge in [-0.2, -0.15) is 0 Å². The molecule has 0 bridgehead atoms. The molecular weight excluding hydrogens is 396 g/mol. The highest BCUT2D eigenvalue weighted by Crippen LogP contribution is 2.27. The van der Waals surface area contributed by atoms with Gasteiger partial charge in [0, 0.05) is 17.8 Å². The molecule has 152 valence electrons. The molecular formula is C20H21ClN4O4. The molecule has 0 saturated heterocycles. The molecule has 3 rings (SSSR count). The largest absolute Gasteiger partial charge is 0.376 e. The SMILES string of the molecule is O=C(CNc1ccc(Cl)c([N+](=O)[O-])c1)Nc1ccccc1C(=O)NC1CCCC1. The standard InChI is InChI=1S/C20H21ClN4O4/c21-16-10-9-14(11-18(16)25(28)29)22-12-19(26)24-17-8-4-3-7-15(17)20(27)23-13-5-1-2-6-13/h3-4,7-11,13,22H,1-2,5-6,12H2,(H,23,27)(H,24,26). The zero-order valence-corrected chi connectivity index (χ0v) is 16.4. The summed E-state index contributed by atoms with van der Waals surface area (Å²) in [5.74, 6) is -0.599. The third kappa shape index (κ3) is 5.45. The number of carbonyl (C=O) groups is 2. The molecule has 0 aromatic heterocycles. The average molecular weight is 417 g/mol. The van der Waals surface area contributed by atoms with Gasteiger partial charge in [-0.1, -0.05) is 36.6 Å². The van der Waals surface area contributed by atoms with Crippen molar-refractivity contribution in [2.24, 2.45) is 0 Å². The van der Waals surface area contributed by atoms with Gasteiger partial charge < -0.3 is 16.0 Å². The smallest absolute Gasteiger partial charge is 0.289 e. The van der Waals surface area contributed by atoms with Crippen molar-refractivity contribution in [3.05, 3.63) is 63.2 Å². The minimum Gasteiger partial charge on any atom is -0.376 e. The van der Waals surface area contributed by atoms with E-state index in [9.17, 15) is 19.7 Å². The lowest BCUT2D eigenvalue weighted by Crippen LogP contribution is -2.33. The number of rotatable bonds is 7. The first-order chi connectivity index (χ1) is 13.9. The molecule has 0 radical (unpaired) electrons. The first kappa shape index (κ1) is 20.6. The van der Waals surface area contributed by atoms with Crippen LogP contribution in [0.25, 0.3) is 0 Å². The number of hydrogen-bond donors (Lipinski definition) is 3. The highest BCUT2D eigenvalue weighted by molar-refractivity contribution is 6.32. The van der Waals surface area contributed by atoms with E-state index in [1.54, 1.807) is 30.3 Å². The van der Waals surface area contributed by atoms with E-state index in [4.69, 9.17) is 11.6 Å². The Morgan fingerprint density at radius 3 is 2.59 bits per heavy atom. The quantitative estimate of drug-likeness (QED) is 0.466. The summed E-state index contributed by atoms with van der Waals surface area (Å²) in [6.45, 7) is -0.128. The lowest BCUT2D eigenvalue weighted by molar-refractivity contribution is -0.384. The van der Waals surface area contributed by atoms with E-state index in [1.807, 2.05) is 0 Å². The molecule has 0 unspecified atom stereocenters. The lowest BCUT2D eigenvalue weighted by atomic mass is 10.1. The fourth-order valence-corrected chi connectivity index (χ4v) is 3.45. The lowest BCUT2D eigenvalue weighted by Gasteiger charge is -2.15. The minimum absolute atomic E-state index is 0.0206. The van der Waals surface area contributed by atoms with Crippen molar-refractivity contribution in [1.29, 1.82) is 0 Å². The van der Waals surface area contributed by atoms with E-state index in [-0.39, 0.29) is 35.1 Å². The number of halogens is 1. The number of benzene rings is 2. The Morgan fingerprint density at radius 1 is 1.14 bits per heavy atom. The molecule has 1 fully saturated rings. The second-order valence-corrected chi connectivity index (χ2v) is 7.23. The van der Waals surface area contributed by atoms with Crippen LogP contribution in [-0.4, -0.2) is 29.3 Å². The van der Waals surface area contributed by atoms with Gasteiger partial charge in [-0.25, -0.2) is 0 Å². The van der Waals surface area contributed by atoms with E-state index in [1.165, 1.54) is 12.1 Å². The molecule has 3 N–H and O–H groups in total. The molecule has 0 aliphatic heterocycles. The maximum atomic E-state index is 12.6. The van der Waals surface area contributed by atoms with Gasteiger partial charge in [-0.15, -0.1) is 0 Å². The average Bonchev–Trinajstić information content (AvgIpc) is 3.20. The summed E-state index contributed by atoms with van der Waals surface area (Å²) >= 11 is 5.78. The number of anilines is 2. The van der Waals surface area contributed by atoms with E-state index in [0.29, 0.717) is 16.9 Å². The molecule has 0 atom stereocenters. The highest BCUT2D eigenvalue weighted by atomic mass is 35.5. The van der Waals surface area contributed by atoms with Crippen LogP contribution in [0, 0.1) is 10.1 Å². The molecule has 8 nitrogen and oxygen atoms in total. The molecule has 2 aromatic carbocycles. The number of nitrogens with zero attached hydrogens (tertiary/aromatic N) is 1. The zero-order valence-electron chi connectivity index (χ0n) is 15.6. The summed E-state index contributed by atoms with van der Waals surface area (Å²) in [4.78, 5) is 35.3. The van der Waals surface area contributed by atoms with Crippen molar-refractivity contribution in [2.45, 2.75) is 31.7 Å². The highest BCUT2D eigenvalue weighted by Gasteiger charge is 2.20. The van der Waals surface area contributed by atoms with Crippen molar-refractivity contribution >= 4 is 40.5 Å². The van der Waals surface area contributed by atoms with Crippen molar-refractivity contribution in [3.8, 4) is 0 Å². The van der Waals surface area contributed by atoms with Crippen LogP contribution in [0.3, 0.4) is 0 Å². The third-order valence-corrected chi connectivity index (χ3v) is 5.05. The van der Waals surface area contributed by atoms with Gasteiger partial charge in [0.05, 0.1) is 22.7 Å². The van der Waals surface area contributed by atoms with Crippen LogP contribution in [0.15, 0.2) is 42.5 Å². The number of nitro groups is 1. The van der Waals surface area contributed by atoms with Gasteiger partial charge in [0.15, 0.2) is 0 Å². The Morgan fingerprint density at radius 2 is 1.86 bits per heavy atom. The maximum absolute atomic E-state index is 12.6. The van der Waals surface area contributed by atoms with Crippen LogP contribution in [0.1, 0.15) is 36.0 Å². The Hall–Kier alpha value is -3.13. The predicted molar refractivity (Wildman–Crippen MR) is 111 cm³/mol. The zero-order chi connectivity index (χ0) is 20.8. The first-order valence-electron chi connectivity index (χ1n) is 9.31. The Balaban J connectivity index is 1.61. The van der Waals surface area contributed by atoms with Gasteiger partial charge >= 0.3 is 0 Å². The van der Waals surface area contributed by atoms with Crippen LogP contribution in [0.5, 0.6) is 0 Å². The van der Waals surface area contributed by atoms with Crippen molar-refractivity contribution < 1.29 is 14.5 Å². The van der Waals surface area contributed by atoms with Gasteiger partial charge in [0.1, 0.15) is 5.02 Å². The van der Waals surface area contributed by atoms with Crippen LogP contribution < -0.4 is 16.0 Å². The van der Waals surface area contributed by atoms with E-state index in [2.05, 4.69) is 16.0 Å². The monoisotopic (exact) mass is 416 g/mol. The molecule has 2 aromatic rings. The maximum Gasteiger partial charge on any atom is 0.289 e. The van der Waals surface area contributed by atoms with Crippen LogP contribution in [-0.2, 0) is 4.79 Å². The van der Waals surface area contributed by atoms with Crippen LogP contribution in [0.4, 0.5) is 17.1 Å². The Bertz CT molecular complexity index is 928. The third-order valence-electron chi connectivity index (χ3n) is 4.73. The molecule has 9 heteroatoms. The van der Waals surface area contributed by atoms with Crippen LogP contribution >= 0.6 is 11.6 Å². The molecule has 0 heterocycles. The molecule has 1 saturated carbocycles. The summed E-state index contributed by atoms with van der Waals surface area (Å²) in [5.41, 5.74) is 0.960. The minimum atomic E-state index is -0.590. The molecule has 29 heavy (non-hydrogen) atoms. The van der Waals surface area contributed by atoms with Crippen molar-refractivity contribution in [1.82, 2.24) is 5.32 Å². The number of nitro benzene ring substituents is 1. The fraction of sp³-hybridized carbons (Fsp3) is 0.300. The van der Waals surface area contributed by atoms with E-state index < -0.39 is 4.92 Å². The fourth-order valence-electron chi connectivity index (χ4n) is 3.26. The second-order valence-electron chi connectivity index (χ2n) is 6.83. The molecule has 1 aliphatic carbocycles. The second kappa shape index (κ2) is 9.38. The number of para-hydroxylation sites is 1. The molecule has 1 aliphatic rings. The number of amides is 2. The number of nitrogens with one attached hydrogen (secondary N) is 3. The van der Waals surface area contributed by atoms with Crippen molar-refractivity contribution in [2.75, 3.05) is 17.2 Å². The topological polar surface area (TPSA) is 113 Å². The van der Waals surface area contributed by atoms with Gasteiger partial charge in [0.2, 0.25) is 5.91 Å². The normalized spacial score (nSPS) is 13.7. The number of carbonyl (C=O) groups excluding carboxylic acids is 2. The summed E-state index contributed by atoms with van der Waals surface area (Å²) in [7, 11) is 0. The van der Waals surface area contributed by atoms with Crippen molar-refractivity contribution in [3.63, 3.8) is 0 Å². The van der Waals surface area contributed by atoms with Gasteiger partial charge in [-0.05, 0) is 37.1 Å². The Kier molecular flexibility index (Phi) is 6.66. The van der Waals surface area contributed by atoms with Gasteiger partial charge in [-0.3, -0.25) is 19.7 Å². The predicted octanol–water partition coefficient (Wildman–Crippen LogP) is 3.97. The summed E-state index contributed by atoms with van der Waals surface area (Å²) < 4.78 is 0. The summed E-state index contributed by atoms with van der Waals surface area (Å²) in [6, 6.07) is 11.2. The summed E-state index contributed by atoms with van der Waals surface area (Å²) in [5, 5.41) is 19.5. The van der Waals surface area contributed by atoms with E-state index >= 15 is 0 Å². The molecule has 0 spiro atoms. The Labute approximate surface area is 172 Å². The van der Waals surface area contributed by atoms with E-state index in [0.717, 1.165) is 25.7 Å². The number of hydrogen-bond acceptors (Lipinski definition) is 5. The molecule has 2 amide bonds.